The van der Waals surface area contributed by atoms with E-state index < -0.39 is 11.8 Å². The van der Waals surface area contributed by atoms with Crippen molar-refractivity contribution in [2.24, 2.45) is 0 Å². The van der Waals surface area contributed by atoms with Gasteiger partial charge in [0.2, 0.25) is 0 Å². The number of hydrogen-bond donors (Lipinski definition) is 1. The maximum absolute atomic E-state index is 12.6. The molecule has 2 aromatic carbocycles. The third-order valence-electron chi connectivity index (χ3n) is 4.32. The molecule has 1 aliphatic heterocycles. The molecule has 0 atom stereocenters. The average molecular weight is 357 g/mol. The number of pyridine rings is 1. The number of fused-ring (bicyclic) bond motifs is 1. The molecule has 6 nitrogen and oxygen atoms in total. The van der Waals surface area contributed by atoms with Crippen LogP contribution in [0.5, 0.6) is 0 Å². The van der Waals surface area contributed by atoms with E-state index in [-0.39, 0.29) is 17.2 Å². The Kier molecular flexibility index (Phi) is 4.01. The van der Waals surface area contributed by atoms with Gasteiger partial charge in [0.25, 0.3) is 17.7 Å². The molecule has 0 aliphatic carbocycles. The lowest BCUT2D eigenvalue weighted by Crippen LogP contribution is -2.29. The van der Waals surface area contributed by atoms with Crippen LogP contribution in [0.1, 0.15) is 36.8 Å². The molecule has 1 aromatic heterocycles. The molecule has 0 bridgehead atoms. The predicted molar refractivity (Wildman–Crippen MR) is 101 cm³/mol. The van der Waals surface area contributed by atoms with Gasteiger partial charge in [0.15, 0.2) is 0 Å². The number of aromatic nitrogens is 1. The summed E-state index contributed by atoms with van der Waals surface area (Å²) in [7, 11) is 0. The van der Waals surface area contributed by atoms with Crippen LogP contribution in [0.15, 0.2) is 66.9 Å². The van der Waals surface area contributed by atoms with Crippen LogP contribution in [0.3, 0.4) is 0 Å². The molecule has 0 saturated carbocycles. The quantitative estimate of drug-likeness (QED) is 0.728. The number of anilines is 2. The van der Waals surface area contributed by atoms with Gasteiger partial charge in [-0.05, 0) is 49.4 Å². The van der Waals surface area contributed by atoms with E-state index in [0.29, 0.717) is 16.9 Å². The molecule has 1 aliphatic rings. The SMILES string of the molecule is Cc1ccc(NC(=O)c2cccc(N3C(=O)c4cccnc4C3=O)c2)cc1. The van der Waals surface area contributed by atoms with Crippen LogP contribution in [0.4, 0.5) is 11.4 Å². The van der Waals surface area contributed by atoms with Gasteiger partial charge in [0, 0.05) is 17.4 Å². The zero-order chi connectivity index (χ0) is 19.0. The first-order valence-corrected chi connectivity index (χ1v) is 8.36. The van der Waals surface area contributed by atoms with Gasteiger partial charge in [-0.25, -0.2) is 4.90 Å². The van der Waals surface area contributed by atoms with E-state index in [2.05, 4.69) is 10.3 Å². The fourth-order valence-corrected chi connectivity index (χ4v) is 2.93. The molecule has 3 amide bonds. The second kappa shape index (κ2) is 6.49. The maximum atomic E-state index is 12.6. The Morgan fingerprint density at radius 3 is 2.48 bits per heavy atom. The Labute approximate surface area is 155 Å². The van der Waals surface area contributed by atoms with E-state index in [1.807, 2.05) is 31.2 Å². The van der Waals surface area contributed by atoms with Gasteiger partial charge in [-0.1, -0.05) is 23.8 Å². The van der Waals surface area contributed by atoms with Gasteiger partial charge in [0.1, 0.15) is 5.69 Å². The first kappa shape index (κ1) is 16.7. The molecular formula is C21H15N3O3. The predicted octanol–water partition coefficient (Wildman–Crippen LogP) is 3.44. The lowest BCUT2D eigenvalue weighted by Gasteiger charge is -2.14. The number of nitrogens with one attached hydrogen (secondary N) is 1. The van der Waals surface area contributed by atoms with Crippen molar-refractivity contribution in [2.45, 2.75) is 6.92 Å². The first-order chi connectivity index (χ1) is 13.0. The molecule has 6 heteroatoms. The van der Waals surface area contributed by atoms with E-state index in [1.54, 1.807) is 30.3 Å². The molecule has 0 saturated heterocycles. The maximum Gasteiger partial charge on any atom is 0.284 e. The highest BCUT2D eigenvalue weighted by molar-refractivity contribution is 6.33. The largest absolute Gasteiger partial charge is 0.322 e. The minimum absolute atomic E-state index is 0.122. The summed E-state index contributed by atoms with van der Waals surface area (Å²) in [4.78, 5) is 42.7. The van der Waals surface area contributed by atoms with Crippen LogP contribution in [0, 0.1) is 6.92 Å². The average Bonchev–Trinajstić information content (AvgIpc) is 2.95. The van der Waals surface area contributed by atoms with Crippen molar-refractivity contribution >= 4 is 29.1 Å². The number of imide groups is 1. The molecule has 4 rings (SSSR count). The topological polar surface area (TPSA) is 79.4 Å². The van der Waals surface area contributed by atoms with Gasteiger partial charge in [0.05, 0.1) is 11.3 Å². The molecule has 0 fully saturated rings. The van der Waals surface area contributed by atoms with E-state index >= 15 is 0 Å². The Hall–Kier alpha value is -3.80. The van der Waals surface area contributed by atoms with Crippen LogP contribution in [-0.2, 0) is 0 Å². The van der Waals surface area contributed by atoms with Crippen molar-refractivity contribution in [3.63, 3.8) is 0 Å². The monoisotopic (exact) mass is 357 g/mol. The van der Waals surface area contributed by atoms with E-state index in [4.69, 9.17) is 0 Å². The summed E-state index contributed by atoms with van der Waals surface area (Å²) in [5.41, 5.74) is 2.82. The van der Waals surface area contributed by atoms with Crippen molar-refractivity contribution in [1.29, 1.82) is 0 Å². The molecule has 0 unspecified atom stereocenters. The van der Waals surface area contributed by atoms with Crippen LogP contribution in [-0.4, -0.2) is 22.7 Å². The van der Waals surface area contributed by atoms with Crippen molar-refractivity contribution in [3.05, 3.63) is 89.2 Å². The first-order valence-electron chi connectivity index (χ1n) is 8.36. The third-order valence-corrected chi connectivity index (χ3v) is 4.32. The number of benzene rings is 2. The fraction of sp³-hybridized carbons (Fsp3) is 0.0476. The van der Waals surface area contributed by atoms with Gasteiger partial charge in [-0.15, -0.1) is 0 Å². The van der Waals surface area contributed by atoms with Crippen molar-refractivity contribution in [2.75, 3.05) is 10.2 Å². The summed E-state index contributed by atoms with van der Waals surface area (Å²) in [6.45, 7) is 1.96. The van der Waals surface area contributed by atoms with Crippen molar-refractivity contribution in [3.8, 4) is 0 Å². The number of amides is 3. The normalized spacial score (nSPS) is 12.9. The minimum Gasteiger partial charge on any atom is -0.322 e. The highest BCUT2D eigenvalue weighted by atomic mass is 16.2. The number of hydrogen-bond acceptors (Lipinski definition) is 4. The number of carbonyl (C=O) groups excluding carboxylic acids is 3. The van der Waals surface area contributed by atoms with Gasteiger partial charge >= 0.3 is 0 Å². The number of rotatable bonds is 3. The lowest BCUT2D eigenvalue weighted by molar-refractivity contribution is 0.0922. The van der Waals surface area contributed by atoms with Gasteiger partial charge in [-0.2, -0.15) is 0 Å². The molecule has 132 valence electrons. The van der Waals surface area contributed by atoms with Gasteiger partial charge < -0.3 is 5.32 Å². The van der Waals surface area contributed by atoms with Crippen molar-refractivity contribution < 1.29 is 14.4 Å². The van der Waals surface area contributed by atoms with E-state index in [1.165, 1.54) is 12.3 Å². The molecule has 0 radical (unpaired) electrons. The standard InChI is InChI=1S/C21H15N3O3/c1-13-7-9-15(10-8-13)23-19(25)14-4-2-5-16(12-14)24-20(26)17-6-3-11-22-18(17)21(24)27/h2-12H,1H3,(H,23,25). The Bertz CT molecular complexity index is 1040. The number of carbonyl (C=O) groups is 3. The van der Waals surface area contributed by atoms with E-state index in [0.717, 1.165) is 10.5 Å². The smallest absolute Gasteiger partial charge is 0.284 e. The summed E-state index contributed by atoms with van der Waals surface area (Å²) < 4.78 is 0. The highest BCUT2D eigenvalue weighted by Gasteiger charge is 2.37. The molecule has 1 N–H and O–H groups in total. The number of aryl methyl sites for hydroxylation is 1. The Morgan fingerprint density at radius 1 is 0.963 bits per heavy atom. The number of nitrogens with zero attached hydrogens (tertiary/aromatic N) is 2. The molecule has 27 heavy (non-hydrogen) atoms. The lowest BCUT2D eigenvalue weighted by atomic mass is 10.1. The third kappa shape index (κ3) is 2.97. The zero-order valence-electron chi connectivity index (χ0n) is 14.5. The summed E-state index contributed by atoms with van der Waals surface area (Å²) in [6.07, 6.45) is 1.47. The van der Waals surface area contributed by atoms with Gasteiger partial charge in [-0.3, -0.25) is 19.4 Å². The zero-order valence-corrected chi connectivity index (χ0v) is 14.5. The molecule has 3 aromatic rings. The van der Waals surface area contributed by atoms with Crippen LogP contribution in [0.2, 0.25) is 0 Å². The van der Waals surface area contributed by atoms with Crippen molar-refractivity contribution in [1.82, 2.24) is 4.98 Å². The second-order valence-electron chi connectivity index (χ2n) is 6.22. The minimum atomic E-state index is -0.494. The summed E-state index contributed by atoms with van der Waals surface area (Å²) in [5.74, 6) is -1.26. The second-order valence-corrected chi connectivity index (χ2v) is 6.22. The summed E-state index contributed by atoms with van der Waals surface area (Å²) >= 11 is 0. The molecule has 0 spiro atoms. The molecule has 2 heterocycles. The van der Waals surface area contributed by atoms with Crippen LogP contribution >= 0.6 is 0 Å². The summed E-state index contributed by atoms with van der Waals surface area (Å²) in [6, 6.07) is 17.0. The highest BCUT2D eigenvalue weighted by Crippen LogP contribution is 2.27. The Morgan fingerprint density at radius 2 is 1.74 bits per heavy atom. The van der Waals surface area contributed by atoms with Crippen LogP contribution < -0.4 is 10.2 Å². The summed E-state index contributed by atoms with van der Waals surface area (Å²) in [5, 5.41) is 2.80. The fourth-order valence-electron chi connectivity index (χ4n) is 2.93. The van der Waals surface area contributed by atoms with E-state index in [9.17, 15) is 14.4 Å². The van der Waals surface area contributed by atoms with Crippen LogP contribution in [0.25, 0.3) is 0 Å². The Balaban J connectivity index is 1.62. The molecular weight excluding hydrogens is 342 g/mol.